The van der Waals surface area contributed by atoms with Gasteiger partial charge in [0.15, 0.2) is 0 Å². The van der Waals surface area contributed by atoms with Gasteiger partial charge in [-0.05, 0) is 61.0 Å². The van der Waals surface area contributed by atoms with Crippen LogP contribution in [0.1, 0.15) is 17.5 Å². The van der Waals surface area contributed by atoms with Gasteiger partial charge in [-0.2, -0.15) is 18.2 Å². The zero-order chi connectivity index (χ0) is 22.7. The highest BCUT2D eigenvalue weighted by molar-refractivity contribution is 5.82. The fourth-order valence-electron chi connectivity index (χ4n) is 3.41. The Morgan fingerprint density at radius 3 is 2.44 bits per heavy atom. The molecule has 0 unspecified atom stereocenters. The smallest absolute Gasteiger partial charge is 0.339 e. The van der Waals surface area contributed by atoms with E-state index in [1.54, 1.807) is 12.3 Å². The van der Waals surface area contributed by atoms with Crippen molar-refractivity contribution in [1.82, 2.24) is 19.9 Å². The van der Waals surface area contributed by atoms with Crippen molar-refractivity contribution in [3.63, 3.8) is 0 Å². The normalized spacial score (nSPS) is 11.9. The molecule has 0 spiro atoms. The SMILES string of the molecule is NCCCNCc1ccc(-n2cc3cc(-c4ccc(C(F)(F)F)cc4)[nH]c3nc2=O)cc1. The molecule has 4 aromatic rings. The number of nitrogens with one attached hydrogen (secondary N) is 2. The standard InChI is InChI=1S/C23H22F3N5O/c24-23(25,26)18-6-4-16(5-7-18)20-12-17-14-31(22(32)30-21(17)29-20)19-8-2-15(3-9-19)13-28-11-1-10-27/h2-9,12,14,28H,1,10-11,13,27H2,(H,29,30,32). The van der Waals surface area contributed by atoms with Gasteiger partial charge in [0.1, 0.15) is 5.65 Å². The molecule has 4 rings (SSSR count). The number of rotatable bonds is 7. The van der Waals surface area contributed by atoms with E-state index in [0.29, 0.717) is 41.1 Å². The number of H-pyrrole nitrogens is 1. The van der Waals surface area contributed by atoms with Crippen molar-refractivity contribution >= 4 is 11.0 Å². The van der Waals surface area contributed by atoms with E-state index in [4.69, 9.17) is 5.73 Å². The lowest BCUT2D eigenvalue weighted by atomic mass is 10.1. The minimum Gasteiger partial charge on any atom is -0.339 e. The third-order valence-corrected chi connectivity index (χ3v) is 5.13. The van der Waals surface area contributed by atoms with E-state index in [-0.39, 0.29) is 0 Å². The van der Waals surface area contributed by atoms with Crippen LogP contribution < -0.4 is 16.7 Å². The summed E-state index contributed by atoms with van der Waals surface area (Å²) in [5.74, 6) is 0. The van der Waals surface area contributed by atoms with Gasteiger partial charge in [-0.15, -0.1) is 0 Å². The maximum Gasteiger partial charge on any atom is 0.416 e. The Balaban J connectivity index is 1.58. The lowest BCUT2D eigenvalue weighted by Gasteiger charge is -2.07. The Bertz CT molecular complexity index is 1260. The molecule has 0 saturated carbocycles. The van der Waals surface area contributed by atoms with E-state index >= 15 is 0 Å². The van der Waals surface area contributed by atoms with E-state index in [0.717, 1.165) is 30.7 Å². The zero-order valence-electron chi connectivity index (χ0n) is 17.1. The Kier molecular flexibility index (Phi) is 6.11. The van der Waals surface area contributed by atoms with Gasteiger partial charge in [-0.1, -0.05) is 24.3 Å². The van der Waals surface area contributed by atoms with Crippen LogP contribution in [0.4, 0.5) is 13.2 Å². The summed E-state index contributed by atoms with van der Waals surface area (Å²) >= 11 is 0. The highest BCUT2D eigenvalue weighted by atomic mass is 19.4. The van der Waals surface area contributed by atoms with Crippen molar-refractivity contribution < 1.29 is 13.2 Å². The van der Waals surface area contributed by atoms with E-state index in [9.17, 15) is 18.0 Å². The molecule has 0 fully saturated rings. The number of hydrogen-bond donors (Lipinski definition) is 3. The molecule has 0 atom stereocenters. The lowest BCUT2D eigenvalue weighted by molar-refractivity contribution is -0.137. The third-order valence-electron chi connectivity index (χ3n) is 5.13. The molecule has 2 aromatic heterocycles. The fraction of sp³-hybridized carbons (Fsp3) is 0.217. The van der Waals surface area contributed by atoms with Crippen LogP contribution in [0, 0.1) is 0 Å². The quantitative estimate of drug-likeness (QED) is 0.380. The third kappa shape index (κ3) is 4.74. The van der Waals surface area contributed by atoms with E-state index < -0.39 is 17.4 Å². The van der Waals surface area contributed by atoms with Crippen molar-refractivity contribution in [1.29, 1.82) is 0 Å². The Morgan fingerprint density at radius 2 is 1.78 bits per heavy atom. The number of alkyl halides is 3. The van der Waals surface area contributed by atoms with Crippen LogP contribution in [-0.2, 0) is 12.7 Å². The molecule has 6 nitrogen and oxygen atoms in total. The van der Waals surface area contributed by atoms with E-state index in [2.05, 4.69) is 15.3 Å². The summed E-state index contributed by atoms with van der Waals surface area (Å²) in [7, 11) is 0. The Labute approximate surface area is 181 Å². The van der Waals surface area contributed by atoms with Crippen LogP contribution in [0.15, 0.2) is 65.6 Å². The maximum atomic E-state index is 12.8. The molecule has 0 saturated heterocycles. The second kappa shape index (κ2) is 8.97. The van der Waals surface area contributed by atoms with Gasteiger partial charge in [0.25, 0.3) is 0 Å². The number of halogens is 3. The Hall–Kier alpha value is -3.43. The van der Waals surface area contributed by atoms with Crippen molar-refractivity contribution in [3.05, 3.63) is 82.4 Å². The number of hydrogen-bond acceptors (Lipinski definition) is 4. The molecular formula is C23H22F3N5O. The number of fused-ring (bicyclic) bond motifs is 1. The Morgan fingerprint density at radius 1 is 1.06 bits per heavy atom. The summed E-state index contributed by atoms with van der Waals surface area (Å²) in [4.78, 5) is 19.7. The highest BCUT2D eigenvalue weighted by Gasteiger charge is 2.30. The molecule has 166 valence electrons. The molecule has 9 heteroatoms. The molecule has 0 radical (unpaired) electrons. The van der Waals surface area contributed by atoms with Crippen molar-refractivity contribution in [2.75, 3.05) is 13.1 Å². The average molecular weight is 441 g/mol. The summed E-state index contributed by atoms with van der Waals surface area (Å²) in [5, 5.41) is 3.97. The number of aromatic amines is 1. The molecule has 0 aliphatic carbocycles. The van der Waals surface area contributed by atoms with Gasteiger partial charge in [0, 0.05) is 23.8 Å². The maximum absolute atomic E-state index is 12.8. The monoisotopic (exact) mass is 441 g/mol. The summed E-state index contributed by atoms with van der Waals surface area (Å²) in [6.07, 6.45) is -1.81. The van der Waals surface area contributed by atoms with Crippen molar-refractivity contribution in [3.8, 4) is 16.9 Å². The van der Waals surface area contributed by atoms with Crippen molar-refractivity contribution in [2.45, 2.75) is 19.1 Å². The van der Waals surface area contributed by atoms with Crippen LogP contribution in [-0.4, -0.2) is 27.6 Å². The first-order chi connectivity index (χ1) is 15.3. The first-order valence-corrected chi connectivity index (χ1v) is 10.2. The first kappa shape index (κ1) is 21.8. The molecule has 0 aliphatic heterocycles. The molecule has 32 heavy (non-hydrogen) atoms. The van der Waals surface area contributed by atoms with Gasteiger partial charge in [-0.25, -0.2) is 4.79 Å². The molecule has 2 heterocycles. The number of benzene rings is 2. The van der Waals surface area contributed by atoms with Crippen LogP contribution in [0.5, 0.6) is 0 Å². The second-order valence-corrected chi connectivity index (χ2v) is 7.44. The predicted octanol–water partition coefficient (Wildman–Crippen LogP) is 3.84. The number of nitrogens with two attached hydrogens (primary N) is 1. The minimum absolute atomic E-state index is 0.377. The summed E-state index contributed by atoms with van der Waals surface area (Å²) in [6.45, 7) is 2.19. The molecule has 0 aliphatic rings. The van der Waals surface area contributed by atoms with Crippen LogP contribution >= 0.6 is 0 Å². The van der Waals surface area contributed by atoms with Gasteiger partial charge >= 0.3 is 11.9 Å². The van der Waals surface area contributed by atoms with Crippen LogP contribution in [0.25, 0.3) is 28.0 Å². The fourth-order valence-corrected chi connectivity index (χ4v) is 3.41. The average Bonchev–Trinajstić information content (AvgIpc) is 3.19. The predicted molar refractivity (Wildman–Crippen MR) is 118 cm³/mol. The van der Waals surface area contributed by atoms with Gasteiger partial charge in [0.2, 0.25) is 0 Å². The largest absolute Gasteiger partial charge is 0.416 e. The van der Waals surface area contributed by atoms with Gasteiger partial charge < -0.3 is 16.0 Å². The van der Waals surface area contributed by atoms with Crippen LogP contribution in [0.3, 0.4) is 0 Å². The molecule has 0 bridgehead atoms. The first-order valence-electron chi connectivity index (χ1n) is 10.2. The summed E-state index contributed by atoms with van der Waals surface area (Å²) in [5.41, 5.74) is 7.60. The molecule has 2 aromatic carbocycles. The van der Waals surface area contributed by atoms with Gasteiger partial charge in [0.05, 0.1) is 11.3 Å². The van der Waals surface area contributed by atoms with Crippen molar-refractivity contribution in [2.24, 2.45) is 5.73 Å². The molecular weight excluding hydrogens is 419 g/mol. The topological polar surface area (TPSA) is 88.7 Å². The summed E-state index contributed by atoms with van der Waals surface area (Å²) in [6, 6.07) is 14.2. The van der Waals surface area contributed by atoms with Crippen LogP contribution in [0.2, 0.25) is 0 Å². The van der Waals surface area contributed by atoms with Gasteiger partial charge in [-0.3, -0.25) is 4.57 Å². The van der Waals surface area contributed by atoms with E-state index in [1.165, 1.54) is 16.7 Å². The van der Waals surface area contributed by atoms with E-state index in [1.807, 2.05) is 24.3 Å². The number of nitrogens with zero attached hydrogens (tertiary/aromatic N) is 2. The highest BCUT2D eigenvalue weighted by Crippen LogP contribution is 2.31. The lowest BCUT2D eigenvalue weighted by Crippen LogP contribution is -2.20. The number of aromatic nitrogens is 3. The zero-order valence-corrected chi connectivity index (χ0v) is 17.1. The minimum atomic E-state index is -4.39. The molecule has 4 N–H and O–H groups in total. The summed E-state index contributed by atoms with van der Waals surface area (Å²) < 4.78 is 39.8. The second-order valence-electron chi connectivity index (χ2n) is 7.44. The molecule has 0 amide bonds.